The van der Waals surface area contributed by atoms with E-state index in [1.807, 2.05) is 11.8 Å². The van der Waals surface area contributed by atoms with Gasteiger partial charge in [-0.2, -0.15) is 0 Å². The van der Waals surface area contributed by atoms with Gasteiger partial charge in [0.1, 0.15) is 16.7 Å². The molecule has 1 heterocycles. The Labute approximate surface area is 109 Å². The minimum atomic E-state index is 0.605. The van der Waals surface area contributed by atoms with Crippen molar-refractivity contribution in [2.24, 2.45) is 0 Å². The SMILES string of the molecule is CCCc1nc(NCC)cc(SC(C)CC)n1. The lowest BCUT2D eigenvalue weighted by atomic mass is 10.3. The minimum Gasteiger partial charge on any atom is -0.370 e. The number of thioether (sulfide) groups is 1. The van der Waals surface area contributed by atoms with Crippen LogP contribution in [0.5, 0.6) is 0 Å². The van der Waals surface area contributed by atoms with Gasteiger partial charge in [-0.3, -0.25) is 0 Å². The molecule has 1 aromatic heterocycles. The Bertz CT molecular complexity index is 317. The summed E-state index contributed by atoms with van der Waals surface area (Å²) in [6.07, 6.45) is 3.20. The molecular formula is C13H23N3S. The summed E-state index contributed by atoms with van der Waals surface area (Å²) in [5.41, 5.74) is 0. The molecule has 0 saturated carbocycles. The maximum Gasteiger partial charge on any atom is 0.132 e. The van der Waals surface area contributed by atoms with E-state index >= 15 is 0 Å². The molecule has 0 aliphatic carbocycles. The fourth-order valence-corrected chi connectivity index (χ4v) is 2.35. The fourth-order valence-electron chi connectivity index (χ4n) is 1.43. The summed E-state index contributed by atoms with van der Waals surface area (Å²) < 4.78 is 0. The quantitative estimate of drug-likeness (QED) is 0.593. The molecule has 0 amide bonds. The van der Waals surface area contributed by atoms with E-state index in [2.05, 4.69) is 49.0 Å². The van der Waals surface area contributed by atoms with Gasteiger partial charge in [-0.05, 0) is 19.8 Å². The molecule has 0 aromatic carbocycles. The van der Waals surface area contributed by atoms with Gasteiger partial charge < -0.3 is 5.32 Å². The van der Waals surface area contributed by atoms with Crippen LogP contribution in [0.2, 0.25) is 0 Å². The molecule has 0 aliphatic heterocycles. The molecule has 4 heteroatoms. The van der Waals surface area contributed by atoms with E-state index in [0.29, 0.717) is 5.25 Å². The lowest BCUT2D eigenvalue weighted by molar-refractivity contribution is 0.807. The van der Waals surface area contributed by atoms with Gasteiger partial charge in [0, 0.05) is 24.3 Å². The van der Waals surface area contributed by atoms with Gasteiger partial charge in [0.05, 0.1) is 0 Å². The summed E-state index contributed by atoms with van der Waals surface area (Å²) in [6, 6.07) is 2.06. The van der Waals surface area contributed by atoms with Gasteiger partial charge in [-0.1, -0.05) is 20.8 Å². The first-order chi connectivity index (χ1) is 8.19. The van der Waals surface area contributed by atoms with Crippen molar-refractivity contribution in [1.82, 2.24) is 9.97 Å². The number of aromatic nitrogens is 2. The molecule has 0 radical (unpaired) electrons. The maximum absolute atomic E-state index is 4.61. The summed E-state index contributed by atoms with van der Waals surface area (Å²) in [7, 11) is 0. The van der Waals surface area contributed by atoms with Crippen LogP contribution in [0.1, 0.15) is 46.4 Å². The first-order valence-corrected chi connectivity index (χ1v) is 7.36. The maximum atomic E-state index is 4.61. The lowest BCUT2D eigenvalue weighted by Crippen LogP contribution is -2.05. The zero-order valence-corrected chi connectivity index (χ0v) is 12.1. The number of anilines is 1. The molecule has 0 saturated heterocycles. The van der Waals surface area contributed by atoms with Crippen molar-refractivity contribution in [1.29, 1.82) is 0 Å². The second kappa shape index (κ2) is 7.54. The Morgan fingerprint density at radius 1 is 1.29 bits per heavy atom. The molecule has 0 fully saturated rings. The number of hydrogen-bond acceptors (Lipinski definition) is 4. The van der Waals surface area contributed by atoms with Crippen molar-refractivity contribution in [3.63, 3.8) is 0 Å². The van der Waals surface area contributed by atoms with Gasteiger partial charge in [0.25, 0.3) is 0 Å². The van der Waals surface area contributed by atoms with Gasteiger partial charge in [-0.15, -0.1) is 11.8 Å². The second-order valence-electron chi connectivity index (χ2n) is 4.12. The van der Waals surface area contributed by atoms with Crippen LogP contribution in [0.3, 0.4) is 0 Å². The van der Waals surface area contributed by atoms with Crippen molar-refractivity contribution in [3.8, 4) is 0 Å². The number of nitrogens with zero attached hydrogens (tertiary/aromatic N) is 2. The van der Waals surface area contributed by atoms with Gasteiger partial charge in [0.15, 0.2) is 0 Å². The van der Waals surface area contributed by atoms with Crippen molar-refractivity contribution in [3.05, 3.63) is 11.9 Å². The van der Waals surface area contributed by atoms with Crippen LogP contribution in [-0.2, 0) is 6.42 Å². The minimum absolute atomic E-state index is 0.605. The van der Waals surface area contributed by atoms with E-state index in [9.17, 15) is 0 Å². The molecule has 17 heavy (non-hydrogen) atoms. The lowest BCUT2D eigenvalue weighted by Gasteiger charge is -2.11. The zero-order chi connectivity index (χ0) is 12.7. The Hall–Kier alpha value is -0.770. The zero-order valence-electron chi connectivity index (χ0n) is 11.3. The van der Waals surface area contributed by atoms with Gasteiger partial charge in [-0.25, -0.2) is 9.97 Å². The summed E-state index contributed by atoms with van der Waals surface area (Å²) in [4.78, 5) is 9.12. The summed E-state index contributed by atoms with van der Waals surface area (Å²) in [5.74, 6) is 1.91. The van der Waals surface area contributed by atoms with Crippen LogP contribution in [0.15, 0.2) is 11.1 Å². The van der Waals surface area contributed by atoms with Crippen LogP contribution >= 0.6 is 11.8 Å². The molecule has 1 N–H and O–H groups in total. The van der Waals surface area contributed by atoms with Gasteiger partial charge >= 0.3 is 0 Å². The van der Waals surface area contributed by atoms with Crippen LogP contribution in [0.25, 0.3) is 0 Å². The summed E-state index contributed by atoms with van der Waals surface area (Å²) in [6.45, 7) is 9.58. The highest BCUT2D eigenvalue weighted by molar-refractivity contribution is 7.99. The Morgan fingerprint density at radius 3 is 2.65 bits per heavy atom. The molecule has 1 atom stereocenters. The summed E-state index contributed by atoms with van der Waals surface area (Å²) >= 11 is 1.83. The molecule has 0 spiro atoms. The Balaban J connectivity index is 2.86. The van der Waals surface area contributed by atoms with Crippen LogP contribution in [-0.4, -0.2) is 21.8 Å². The predicted octanol–water partition coefficient (Wildman–Crippen LogP) is 3.75. The van der Waals surface area contributed by atoms with Crippen molar-refractivity contribution >= 4 is 17.6 Å². The van der Waals surface area contributed by atoms with E-state index in [1.165, 1.54) is 0 Å². The van der Waals surface area contributed by atoms with E-state index in [1.54, 1.807) is 0 Å². The monoisotopic (exact) mass is 253 g/mol. The highest BCUT2D eigenvalue weighted by Crippen LogP contribution is 2.25. The Kier molecular flexibility index (Phi) is 6.34. The molecule has 0 aliphatic rings. The Morgan fingerprint density at radius 2 is 2.06 bits per heavy atom. The van der Waals surface area contributed by atoms with Crippen LogP contribution < -0.4 is 5.32 Å². The van der Waals surface area contributed by atoms with Crippen molar-refractivity contribution in [2.75, 3.05) is 11.9 Å². The largest absolute Gasteiger partial charge is 0.370 e. The first kappa shape index (κ1) is 14.3. The topological polar surface area (TPSA) is 37.8 Å². The van der Waals surface area contributed by atoms with E-state index < -0.39 is 0 Å². The van der Waals surface area contributed by atoms with E-state index in [4.69, 9.17) is 0 Å². The first-order valence-electron chi connectivity index (χ1n) is 6.48. The number of aryl methyl sites for hydroxylation is 1. The third kappa shape index (κ3) is 4.94. The molecule has 1 aromatic rings. The van der Waals surface area contributed by atoms with Crippen molar-refractivity contribution < 1.29 is 0 Å². The third-order valence-electron chi connectivity index (χ3n) is 2.48. The average molecular weight is 253 g/mol. The normalized spacial score (nSPS) is 12.5. The second-order valence-corrected chi connectivity index (χ2v) is 5.58. The van der Waals surface area contributed by atoms with Gasteiger partial charge in [0.2, 0.25) is 0 Å². The average Bonchev–Trinajstić information content (AvgIpc) is 2.29. The molecule has 1 unspecified atom stereocenters. The molecule has 96 valence electrons. The summed E-state index contributed by atoms with van der Waals surface area (Å²) in [5, 5.41) is 4.97. The molecular weight excluding hydrogens is 230 g/mol. The standard InChI is InChI=1S/C13H23N3S/c1-5-8-11-15-12(14-7-3)9-13(16-11)17-10(4)6-2/h9-10H,5-8H2,1-4H3,(H,14,15,16). The predicted molar refractivity (Wildman–Crippen MR) is 75.8 cm³/mol. The molecule has 1 rings (SSSR count). The highest BCUT2D eigenvalue weighted by Gasteiger charge is 2.07. The molecule has 0 bridgehead atoms. The number of rotatable bonds is 7. The third-order valence-corrected chi connectivity index (χ3v) is 3.66. The van der Waals surface area contributed by atoms with E-state index in [-0.39, 0.29) is 0 Å². The highest BCUT2D eigenvalue weighted by atomic mass is 32.2. The molecule has 3 nitrogen and oxygen atoms in total. The van der Waals surface area contributed by atoms with E-state index in [0.717, 1.165) is 42.5 Å². The smallest absolute Gasteiger partial charge is 0.132 e. The van der Waals surface area contributed by atoms with Crippen LogP contribution in [0, 0.1) is 0 Å². The van der Waals surface area contributed by atoms with Crippen molar-refractivity contribution in [2.45, 2.75) is 57.2 Å². The van der Waals surface area contributed by atoms with Crippen LogP contribution in [0.4, 0.5) is 5.82 Å². The fraction of sp³-hybridized carbons (Fsp3) is 0.692. The number of nitrogens with one attached hydrogen (secondary N) is 1. The number of hydrogen-bond donors (Lipinski definition) is 1.